The van der Waals surface area contributed by atoms with E-state index in [9.17, 15) is 4.79 Å². The van der Waals surface area contributed by atoms with Crippen molar-refractivity contribution in [1.29, 1.82) is 0 Å². The summed E-state index contributed by atoms with van der Waals surface area (Å²) in [6.45, 7) is 0.547. The van der Waals surface area contributed by atoms with Crippen LogP contribution in [0.5, 0.6) is 0 Å². The van der Waals surface area contributed by atoms with E-state index in [2.05, 4.69) is 17.4 Å². The van der Waals surface area contributed by atoms with Gasteiger partial charge in [0.25, 0.3) is 0 Å². The number of rotatable bonds is 4. The molecule has 0 aliphatic carbocycles. The molecule has 0 unspecified atom stereocenters. The van der Waals surface area contributed by atoms with Gasteiger partial charge in [-0.2, -0.15) is 12.6 Å². The van der Waals surface area contributed by atoms with Crippen molar-refractivity contribution in [3.8, 4) is 0 Å². The van der Waals surface area contributed by atoms with E-state index < -0.39 is 12.0 Å². The molecule has 0 aliphatic rings. The average molecular weight is 164 g/mol. The van der Waals surface area contributed by atoms with Gasteiger partial charge in [0.05, 0.1) is 0 Å². The highest BCUT2D eigenvalue weighted by molar-refractivity contribution is 7.80. The van der Waals surface area contributed by atoms with Crippen LogP contribution in [0.15, 0.2) is 0 Å². The van der Waals surface area contributed by atoms with Gasteiger partial charge in [0.15, 0.2) is 0 Å². The Balaban J connectivity index is 3.42. The Morgan fingerprint density at radius 1 is 1.70 bits per heavy atom. The third-order valence-corrected chi connectivity index (χ3v) is 1.26. The van der Waals surface area contributed by atoms with E-state index in [1.165, 1.54) is 0 Å². The molecule has 0 radical (unpaired) electrons. The van der Waals surface area contributed by atoms with E-state index in [1.807, 2.05) is 0 Å². The first kappa shape index (κ1) is 9.74. The first-order valence-electron chi connectivity index (χ1n) is 2.95. The molecule has 1 atom stereocenters. The zero-order valence-electron chi connectivity index (χ0n) is 5.62. The molecule has 0 aromatic heterocycles. The highest BCUT2D eigenvalue weighted by Crippen LogP contribution is 1.87. The van der Waals surface area contributed by atoms with Crippen molar-refractivity contribution in [2.45, 2.75) is 6.04 Å². The molecule has 0 amide bonds. The summed E-state index contributed by atoms with van der Waals surface area (Å²) in [6.07, 6.45) is 0. The molecule has 0 aromatic carbocycles. The minimum absolute atomic E-state index is 0.223. The lowest BCUT2D eigenvalue weighted by Crippen LogP contribution is -2.34. The van der Waals surface area contributed by atoms with E-state index in [-0.39, 0.29) is 6.61 Å². The van der Waals surface area contributed by atoms with Gasteiger partial charge in [0, 0.05) is 12.3 Å². The number of hydrogen-bond acceptors (Lipinski definition) is 5. The van der Waals surface area contributed by atoms with Gasteiger partial charge in [-0.25, -0.2) is 0 Å². The molecular weight excluding hydrogens is 152 g/mol. The molecule has 5 heteroatoms. The first-order valence-corrected chi connectivity index (χ1v) is 3.58. The number of esters is 1. The number of hydrogen-bond donors (Lipinski definition) is 3. The summed E-state index contributed by atoms with van der Waals surface area (Å²) >= 11 is 3.82. The number of ether oxygens (including phenoxy) is 1. The molecule has 60 valence electrons. The van der Waals surface area contributed by atoms with Crippen LogP contribution < -0.4 is 11.5 Å². The van der Waals surface area contributed by atoms with Crippen molar-refractivity contribution in [2.75, 3.05) is 18.9 Å². The van der Waals surface area contributed by atoms with E-state index in [0.717, 1.165) is 0 Å². The summed E-state index contributed by atoms with van der Waals surface area (Å²) in [6, 6.07) is -0.630. The Morgan fingerprint density at radius 3 is 2.70 bits per heavy atom. The lowest BCUT2D eigenvalue weighted by molar-refractivity contribution is -0.144. The monoisotopic (exact) mass is 164 g/mol. The Kier molecular flexibility index (Phi) is 5.38. The van der Waals surface area contributed by atoms with Crippen LogP contribution in [0.2, 0.25) is 0 Å². The summed E-state index contributed by atoms with van der Waals surface area (Å²) in [5.41, 5.74) is 10.3. The number of carbonyl (C=O) groups excluding carboxylic acids is 1. The molecule has 0 saturated carbocycles. The van der Waals surface area contributed by atoms with Crippen LogP contribution >= 0.6 is 12.6 Å². The maximum Gasteiger partial charge on any atom is 0.323 e. The minimum atomic E-state index is -0.630. The van der Waals surface area contributed by atoms with Gasteiger partial charge in [-0.1, -0.05) is 0 Å². The second kappa shape index (κ2) is 5.52. The summed E-state index contributed by atoms with van der Waals surface area (Å²) in [5.74, 6) is -0.149. The fourth-order valence-corrected chi connectivity index (χ4v) is 0.490. The Labute approximate surface area is 65.3 Å². The predicted molar refractivity (Wildman–Crippen MR) is 41.8 cm³/mol. The summed E-state index contributed by atoms with van der Waals surface area (Å²) < 4.78 is 4.61. The van der Waals surface area contributed by atoms with Crippen LogP contribution in [-0.2, 0) is 9.53 Å². The predicted octanol–water partition coefficient (Wildman–Crippen LogP) is -1.25. The van der Waals surface area contributed by atoms with E-state index in [1.54, 1.807) is 0 Å². The lowest BCUT2D eigenvalue weighted by Gasteiger charge is -2.06. The van der Waals surface area contributed by atoms with Crippen LogP contribution in [0, 0.1) is 0 Å². The van der Waals surface area contributed by atoms with Gasteiger partial charge >= 0.3 is 5.97 Å². The van der Waals surface area contributed by atoms with Crippen molar-refractivity contribution in [2.24, 2.45) is 11.5 Å². The maximum atomic E-state index is 10.7. The maximum absolute atomic E-state index is 10.7. The molecule has 10 heavy (non-hydrogen) atoms. The van der Waals surface area contributed by atoms with Gasteiger partial charge in [0.1, 0.15) is 12.6 Å². The molecule has 0 rings (SSSR count). The van der Waals surface area contributed by atoms with Crippen LogP contribution in [0.25, 0.3) is 0 Å². The van der Waals surface area contributed by atoms with Crippen molar-refractivity contribution in [1.82, 2.24) is 0 Å². The minimum Gasteiger partial charge on any atom is -0.463 e. The van der Waals surface area contributed by atoms with Gasteiger partial charge in [-0.15, -0.1) is 0 Å². The third kappa shape index (κ3) is 3.71. The zero-order chi connectivity index (χ0) is 7.98. The Hall–Kier alpha value is -0.260. The van der Waals surface area contributed by atoms with Crippen molar-refractivity contribution in [3.05, 3.63) is 0 Å². The van der Waals surface area contributed by atoms with Gasteiger partial charge < -0.3 is 16.2 Å². The number of nitrogens with two attached hydrogens (primary N) is 2. The van der Waals surface area contributed by atoms with Crippen LogP contribution in [0.1, 0.15) is 0 Å². The summed E-state index contributed by atoms with van der Waals surface area (Å²) in [5, 5.41) is 0. The quantitative estimate of drug-likeness (QED) is 0.358. The zero-order valence-corrected chi connectivity index (χ0v) is 6.51. The Morgan fingerprint density at radius 2 is 2.30 bits per heavy atom. The van der Waals surface area contributed by atoms with Crippen molar-refractivity contribution < 1.29 is 9.53 Å². The molecule has 4 N–H and O–H groups in total. The van der Waals surface area contributed by atoms with Crippen molar-refractivity contribution >= 4 is 18.6 Å². The van der Waals surface area contributed by atoms with E-state index >= 15 is 0 Å². The number of thiol groups is 1. The molecule has 0 aromatic rings. The van der Waals surface area contributed by atoms with Gasteiger partial charge in [0.2, 0.25) is 0 Å². The lowest BCUT2D eigenvalue weighted by atomic mass is 10.4. The van der Waals surface area contributed by atoms with Crippen LogP contribution in [0.4, 0.5) is 0 Å². The molecule has 0 spiro atoms. The fraction of sp³-hybridized carbons (Fsp3) is 0.800. The average Bonchev–Trinajstić information content (AvgIpc) is 1.98. The second-order valence-corrected chi connectivity index (χ2v) is 2.11. The standard InChI is InChI=1S/C5H12N2O2S/c6-1-2-9-5(8)4(7)3-10/h4,10H,1-3,6-7H2/t4-/m0/s1. The molecule has 0 aliphatic heterocycles. The highest BCUT2D eigenvalue weighted by Gasteiger charge is 2.11. The molecule has 0 fully saturated rings. The molecular formula is C5H12N2O2S. The van der Waals surface area contributed by atoms with Crippen LogP contribution in [0.3, 0.4) is 0 Å². The van der Waals surface area contributed by atoms with E-state index in [4.69, 9.17) is 11.5 Å². The van der Waals surface area contributed by atoms with Gasteiger partial charge in [-0.05, 0) is 0 Å². The second-order valence-electron chi connectivity index (χ2n) is 1.75. The fourth-order valence-electron chi connectivity index (χ4n) is 0.341. The topological polar surface area (TPSA) is 78.3 Å². The van der Waals surface area contributed by atoms with Crippen molar-refractivity contribution in [3.63, 3.8) is 0 Å². The third-order valence-electron chi connectivity index (χ3n) is 0.862. The first-order chi connectivity index (χ1) is 4.72. The van der Waals surface area contributed by atoms with Crippen LogP contribution in [-0.4, -0.2) is 30.9 Å². The molecule has 0 heterocycles. The highest BCUT2D eigenvalue weighted by atomic mass is 32.1. The molecule has 0 saturated heterocycles. The largest absolute Gasteiger partial charge is 0.463 e. The SMILES string of the molecule is NCCOC(=O)[C@@H](N)CS. The van der Waals surface area contributed by atoms with Gasteiger partial charge in [-0.3, -0.25) is 4.79 Å². The summed E-state index contributed by atoms with van der Waals surface area (Å²) in [4.78, 5) is 10.7. The molecule has 0 bridgehead atoms. The smallest absolute Gasteiger partial charge is 0.323 e. The number of carbonyl (C=O) groups is 1. The molecule has 4 nitrogen and oxygen atoms in total. The summed E-state index contributed by atoms with van der Waals surface area (Å²) in [7, 11) is 0. The Bertz CT molecular complexity index is 110. The normalized spacial score (nSPS) is 12.7. The van der Waals surface area contributed by atoms with E-state index in [0.29, 0.717) is 12.3 Å².